The van der Waals surface area contributed by atoms with Crippen LogP contribution in [0.2, 0.25) is 5.02 Å². The fourth-order valence-corrected chi connectivity index (χ4v) is 3.76. The molecule has 0 fully saturated rings. The van der Waals surface area contributed by atoms with Crippen LogP contribution in [0.3, 0.4) is 0 Å². The molecule has 1 atom stereocenters. The number of rotatable bonds is 5. The summed E-state index contributed by atoms with van der Waals surface area (Å²) in [6, 6.07) is 10.1. The van der Waals surface area contributed by atoms with Gasteiger partial charge >= 0.3 is 0 Å². The van der Waals surface area contributed by atoms with Gasteiger partial charge in [0.15, 0.2) is 5.58 Å². The summed E-state index contributed by atoms with van der Waals surface area (Å²) in [5, 5.41) is 7.38. The molecule has 5 heteroatoms. The van der Waals surface area contributed by atoms with E-state index in [0.29, 0.717) is 5.02 Å². The van der Waals surface area contributed by atoms with Crippen molar-refractivity contribution in [3.8, 4) is 0 Å². The maximum atomic E-state index is 6.21. The highest BCUT2D eigenvalue weighted by Gasteiger charge is 2.20. The van der Waals surface area contributed by atoms with Gasteiger partial charge in [0.05, 0.1) is 14.9 Å². The minimum absolute atomic E-state index is 0.0518. The van der Waals surface area contributed by atoms with Gasteiger partial charge in [-0.05, 0) is 58.0 Å². The van der Waals surface area contributed by atoms with E-state index in [1.165, 1.54) is 5.56 Å². The van der Waals surface area contributed by atoms with Crippen LogP contribution in [-0.4, -0.2) is 6.54 Å². The molecule has 3 rings (SSSR count). The molecular weight excluding hydrogens is 370 g/mol. The zero-order chi connectivity index (χ0) is 14.8. The second-order valence-electron chi connectivity index (χ2n) is 4.88. The predicted octanol–water partition coefficient (Wildman–Crippen LogP) is 6.00. The van der Waals surface area contributed by atoms with E-state index in [1.54, 1.807) is 11.3 Å². The number of halogens is 2. The third-order valence-corrected chi connectivity index (χ3v) is 5.14. The highest BCUT2D eigenvalue weighted by molar-refractivity contribution is 9.11. The van der Waals surface area contributed by atoms with Gasteiger partial charge in [-0.15, -0.1) is 11.3 Å². The number of fused-ring (bicyclic) bond motifs is 1. The van der Waals surface area contributed by atoms with Crippen LogP contribution in [0.25, 0.3) is 11.0 Å². The number of nitrogens with one attached hydrogen (secondary N) is 1. The first kappa shape index (κ1) is 15.1. The van der Waals surface area contributed by atoms with Gasteiger partial charge in [-0.2, -0.15) is 0 Å². The molecule has 2 heterocycles. The zero-order valence-corrected chi connectivity index (χ0v) is 14.7. The molecule has 0 bridgehead atoms. The average molecular weight is 385 g/mol. The molecular formula is C16H15BrClNOS. The third-order valence-electron chi connectivity index (χ3n) is 3.32. The van der Waals surface area contributed by atoms with E-state index in [0.717, 1.165) is 33.5 Å². The number of furan rings is 1. The van der Waals surface area contributed by atoms with Gasteiger partial charge in [-0.25, -0.2) is 0 Å². The Morgan fingerprint density at radius 3 is 2.90 bits per heavy atom. The fraction of sp³-hybridized carbons (Fsp3) is 0.250. The van der Waals surface area contributed by atoms with Crippen LogP contribution in [0.4, 0.5) is 0 Å². The number of benzene rings is 1. The van der Waals surface area contributed by atoms with Gasteiger partial charge in [0.1, 0.15) is 5.76 Å². The van der Waals surface area contributed by atoms with Gasteiger partial charge in [0, 0.05) is 5.39 Å². The van der Waals surface area contributed by atoms with Gasteiger partial charge in [-0.1, -0.05) is 30.7 Å². The number of para-hydroxylation sites is 1. The van der Waals surface area contributed by atoms with E-state index < -0.39 is 0 Å². The summed E-state index contributed by atoms with van der Waals surface area (Å²) in [6.45, 7) is 3.09. The molecule has 0 saturated heterocycles. The van der Waals surface area contributed by atoms with Crippen molar-refractivity contribution < 1.29 is 4.42 Å². The second kappa shape index (κ2) is 6.53. The molecule has 0 aliphatic carbocycles. The van der Waals surface area contributed by atoms with Gasteiger partial charge < -0.3 is 9.73 Å². The molecule has 0 aliphatic heterocycles. The van der Waals surface area contributed by atoms with Gasteiger partial charge in [-0.3, -0.25) is 0 Å². The van der Waals surface area contributed by atoms with Crippen molar-refractivity contribution in [1.29, 1.82) is 0 Å². The van der Waals surface area contributed by atoms with Crippen LogP contribution in [-0.2, 0) is 0 Å². The van der Waals surface area contributed by atoms with E-state index in [4.69, 9.17) is 16.0 Å². The van der Waals surface area contributed by atoms with Crippen LogP contribution in [0.5, 0.6) is 0 Å². The third kappa shape index (κ3) is 3.19. The SMILES string of the molecule is CCCNC(c1csc(Br)c1)c1cc2cccc(Cl)c2o1. The lowest BCUT2D eigenvalue weighted by molar-refractivity contribution is 0.470. The summed E-state index contributed by atoms with van der Waals surface area (Å²) >= 11 is 11.4. The van der Waals surface area contributed by atoms with E-state index in [9.17, 15) is 0 Å². The molecule has 0 radical (unpaired) electrons. The Labute approximate surface area is 141 Å². The molecule has 2 aromatic heterocycles. The van der Waals surface area contributed by atoms with Crippen LogP contribution >= 0.6 is 38.9 Å². The van der Waals surface area contributed by atoms with Crippen LogP contribution in [0.1, 0.15) is 30.7 Å². The van der Waals surface area contributed by atoms with E-state index >= 15 is 0 Å². The molecule has 1 unspecified atom stereocenters. The summed E-state index contributed by atoms with van der Waals surface area (Å²) in [6.07, 6.45) is 1.07. The number of hydrogen-bond acceptors (Lipinski definition) is 3. The minimum Gasteiger partial charge on any atom is -0.457 e. The van der Waals surface area contributed by atoms with Crippen LogP contribution in [0.15, 0.2) is 43.9 Å². The van der Waals surface area contributed by atoms with Gasteiger partial charge in [0.2, 0.25) is 0 Å². The molecule has 3 aromatic rings. The normalized spacial score (nSPS) is 12.9. The van der Waals surface area contributed by atoms with Crippen molar-refractivity contribution in [2.45, 2.75) is 19.4 Å². The Morgan fingerprint density at radius 1 is 1.38 bits per heavy atom. The largest absolute Gasteiger partial charge is 0.457 e. The first-order chi connectivity index (χ1) is 10.2. The summed E-state index contributed by atoms with van der Waals surface area (Å²) in [7, 11) is 0. The molecule has 1 N–H and O–H groups in total. The Balaban J connectivity index is 2.03. The lowest BCUT2D eigenvalue weighted by atomic mass is 10.1. The molecule has 0 spiro atoms. The first-order valence-electron chi connectivity index (χ1n) is 6.84. The molecule has 0 aliphatic rings. The summed E-state index contributed by atoms with van der Waals surface area (Å²) in [4.78, 5) is 0. The van der Waals surface area contributed by atoms with E-state index in [-0.39, 0.29) is 6.04 Å². The Bertz CT molecular complexity index is 752. The van der Waals surface area contributed by atoms with E-state index in [1.807, 2.05) is 18.2 Å². The van der Waals surface area contributed by atoms with Crippen LogP contribution < -0.4 is 5.32 Å². The first-order valence-corrected chi connectivity index (χ1v) is 8.89. The Kier molecular flexibility index (Phi) is 4.69. The summed E-state index contributed by atoms with van der Waals surface area (Å²) in [5.41, 5.74) is 1.96. The van der Waals surface area contributed by atoms with Crippen LogP contribution in [0, 0.1) is 0 Å². The Morgan fingerprint density at radius 2 is 2.24 bits per heavy atom. The monoisotopic (exact) mass is 383 g/mol. The van der Waals surface area contributed by atoms with Crippen molar-refractivity contribution in [2.24, 2.45) is 0 Å². The minimum atomic E-state index is 0.0518. The zero-order valence-electron chi connectivity index (χ0n) is 11.5. The standard InChI is InChI=1S/C16H15BrClNOS/c1-2-6-19-15(11-8-14(17)21-9-11)13-7-10-4-3-5-12(18)16(10)20-13/h3-5,7-9,15,19H,2,6H2,1H3. The van der Waals surface area contributed by atoms with E-state index in [2.05, 4.69) is 45.7 Å². The van der Waals surface area contributed by atoms with Crippen molar-refractivity contribution in [2.75, 3.05) is 6.54 Å². The molecule has 0 amide bonds. The molecule has 0 saturated carbocycles. The van der Waals surface area contributed by atoms with Crippen molar-refractivity contribution in [3.63, 3.8) is 0 Å². The number of hydrogen-bond donors (Lipinski definition) is 1. The Hall–Kier alpha value is -0.810. The van der Waals surface area contributed by atoms with Crippen molar-refractivity contribution in [3.05, 3.63) is 55.8 Å². The molecule has 1 aromatic carbocycles. The lowest BCUT2D eigenvalue weighted by Gasteiger charge is -2.14. The maximum absolute atomic E-state index is 6.21. The topological polar surface area (TPSA) is 25.2 Å². The summed E-state index contributed by atoms with van der Waals surface area (Å²) < 4.78 is 7.14. The lowest BCUT2D eigenvalue weighted by Crippen LogP contribution is -2.22. The summed E-state index contributed by atoms with van der Waals surface area (Å²) in [5.74, 6) is 0.900. The van der Waals surface area contributed by atoms with Crippen molar-refractivity contribution in [1.82, 2.24) is 5.32 Å². The average Bonchev–Trinajstić information content (AvgIpc) is 3.07. The highest BCUT2D eigenvalue weighted by Crippen LogP contribution is 2.34. The molecule has 21 heavy (non-hydrogen) atoms. The fourth-order valence-electron chi connectivity index (χ4n) is 2.34. The molecule has 110 valence electrons. The maximum Gasteiger partial charge on any atom is 0.152 e. The number of thiophene rings is 1. The van der Waals surface area contributed by atoms with Crippen molar-refractivity contribution >= 4 is 49.8 Å². The smallest absolute Gasteiger partial charge is 0.152 e. The highest BCUT2D eigenvalue weighted by atomic mass is 79.9. The predicted molar refractivity (Wildman–Crippen MR) is 93.4 cm³/mol. The quantitative estimate of drug-likeness (QED) is 0.583. The van der Waals surface area contributed by atoms with Gasteiger partial charge in [0.25, 0.3) is 0 Å². The second-order valence-corrected chi connectivity index (χ2v) is 7.58. The molecule has 2 nitrogen and oxygen atoms in total.